The smallest absolute Gasteiger partial charge is 0.255 e. The van der Waals surface area contributed by atoms with Gasteiger partial charge in [0.05, 0.1) is 12.7 Å². The molecule has 3 rings (SSSR count). The number of rotatable bonds is 4. The van der Waals surface area contributed by atoms with E-state index in [1.54, 1.807) is 7.11 Å². The minimum Gasteiger partial charge on any atom is -0.497 e. The average Bonchev–Trinajstić information content (AvgIpc) is 2.95. The fourth-order valence-electron chi connectivity index (χ4n) is 3.90. The summed E-state index contributed by atoms with van der Waals surface area (Å²) in [5, 5.41) is 0. The van der Waals surface area contributed by atoms with E-state index in [2.05, 4.69) is 4.57 Å². The maximum atomic E-state index is 13.1. The van der Waals surface area contributed by atoms with Gasteiger partial charge in [0.2, 0.25) is 0 Å². The Morgan fingerprint density at radius 1 is 1.26 bits per heavy atom. The first-order chi connectivity index (χ1) is 12.4. The zero-order valence-corrected chi connectivity index (χ0v) is 17.4. The minimum atomic E-state index is 0. The Labute approximate surface area is 167 Å². The van der Waals surface area contributed by atoms with Crippen LogP contribution in [0.4, 0.5) is 0 Å². The molecule has 0 aliphatic carbocycles. The number of nitrogens with two attached hydrogens (primary N) is 1. The molecule has 1 aliphatic heterocycles. The predicted molar refractivity (Wildman–Crippen MR) is 111 cm³/mol. The largest absolute Gasteiger partial charge is 0.497 e. The first-order valence-electron chi connectivity index (χ1n) is 9.30. The third-order valence-corrected chi connectivity index (χ3v) is 5.48. The van der Waals surface area contributed by atoms with Gasteiger partial charge < -0.3 is 19.9 Å². The van der Waals surface area contributed by atoms with Crippen LogP contribution in [0.2, 0.25) is 0 Å². The molecular formula is C21H30ClN3O2. The van der Waals surface area contributed by atoms with Crippen LogP contribution >= 0.6 is 12.4 Å². The molecule has 1 aromatic heterocycles. The van der Waals surface area contributed by atoms with E-state index in [0.29, 0.717) is 5.92 Å². The van der Waals surface area contributed by atoms with Crippen LogP contribution < -0.4 is 10.5 Å². The molecule has 148 valence electrons. The van der Waals surface area contributed by atoms with Crippen molar-refractivity contribution in [1.29, 1.82) is 0 Å². The zero-order valence-electron chi connectivity index (χ0n) is 16.6. The normalized spacial score (nSPS) is 18.0. The molecule has 6 heteroatoms. The van der Waals surface area contributed by atoms with Gasteiger partial charge in [-0.3, -0.25) is 4.79 Å². The number of carbonyl (C=O) groups excluding carboxylic acids is 1. The topological polar surface area (TPSA) is 60.5 Å². The number of aromatic nitrogens is 1. The summed E-state index contributed by atoms with van der Waals surface area (Å²) in [4.78, 5) is 15.1. The molecule has 1 aliphatic rings. The second-order valence-electron chi connectivity index (χ2n) is 7.33. The highest BCUT2D eigenvalue weighted by atomic mass is 35.5. The Bertz CT molecular complexity index is 783. The van der Waals surface area contributed by atoms with Crippen molar-refractivity contribution >= 4 is 18.3 Å². The van der Waals surface area contributed by atoms with Gasteiger partial charge in [-0.05, 0) is 69.9 Å². The highest BCUT2D eigenvalue weighted by molar-refractivity contribution is 5.96. The predicted octanol–water partition coefficient (Wildman–Crippen LogP) is 3.72. The van der Waals surface area contributed by atoms with Crippen LogP contribution in [0.3, 0.4) is 0 Å². The number of hydrogen-bond donors (Lipinski definition) is 1. The number of carbonyl (C=O) groups is 1. The van der Waals surface area contributed by atoms with Crippen molar-refractivity contribution in [3.8, 4) is 11.4 Å². The van der Waals surface area contributed by atoms with Crippen molar-refractivity contribution < 1.29 is 9.53 Å². The van der Waals surface area contributed by atoms with E-state index in [4.69, 9.17) is 10.5 Å². The van der Waals surface area contributed by atoms with Crippen molar-refractivity contribution in [2.75, 3.05) is 20.2 Å². The van der Waals surface area contributed by atoms with Crippen LogP contribution in [0, 0.1) is 19.8 Å². The van der Waals surface area contributed by atoms with E-state index in [0.717, 1.165) is 54.3 Å². The highest BCUT2D eigenvalue weighted by Crippen LogP contribution is 2.26. The van der Waals surface area contributed by atoms with Crippen LogP contribution in [0.15, 0.2) is 30.3 Å². The minimum absolute atomic E-state index is 0. The molecule has 1 amide bonds. The second-order valence-corrected chi connectivity index (χ2v) is 7.33. The van der Waals surface area contributed by atoms with E-state index in [1.165, 1.54) is 0 Å². The van der Waals surface area contributed by atoms with Crippen LogP contribution in [0.25, 0.3) is 5.69 Å². The van der Waals surface area contributed by atoms with Gasteiger partial charge in [0.15, 0.2) is 0 Å². The lowest BCUT2D eigenvalue weighted by Gasteiger charge is -2.34. The summed E-state index contributed by atoms with van der Waals surface area (Å²) in [6.07, 6.45) is 2.13. The summed E-state index contributed by atoms with van der Waals surface area (Å²) >= 11 is 0. The Morgan fingerprint density at radius 3 is 2.52 bits per heavy atom. The molecule has 0 radical (unpaired) electrons. The lowest BCUT2D eigenvalue weighted by Crippen LogP contribution is -2.45. The van der Waals surface area contributed by atoms with Crippen LogP contribution in [0.1, 0.15) is 41.5 Å². The van der Waals surface area contributed by atoms with E-state index in [-0.39, 0.29) is 24.4 Å². The Hall–Kier alpha value is -1.98. The van der Waals surface area contributed by atoms with Gasteiger partial charge in [0.25, 0.3) is 5.91 Å². The summed E-state index contributed by atoms with van der Waals surface area (Å²) in [6, 6.07) is 10.0. The summed E-state index contributed by atoms with van der Waals surface area (Å²) in [5.41, 5.74) is 9.91. The van der Waals surface area contributed by atoms with E-state index >= 15 is 0 Å². The first kappa shape index (κ1) is 21.3. The van der Waals surface area contributed by atoms with Crippen LogP contribution in [-0.4, -0.2) is 41.6 Å². The number of nitrogens with zero attached hydrogens (tertiary/aromatic N) is 2. The fourth-order valence-corrected chi connectivity index (χ4v) is 3.90. The number of hydrogen-bond acceptors (Lipinski definition) is 3. The molecule has 2 N–H and O–H groups in total. The SMILES string of the molecule is COc1ccc(-n2c(C)cc(C(=O)N3CCCC(C(C)N)C3)c2C)cc1.Cl. The van der Waals surface area contributed by atoms with E-state index in [1.807, 2.05) is 56.0 Å². The monoisotopic (exact) mass is 391 g/mol. The maximum absolute atomic E-state index is 13.1. The fraction of sp³-hybridized carbons (Fsp3) is 0.476. The van der Waals surface area contributed by atoms with E-state index < -0.39 is 0 Å². The molecule has 2 atom stereocenters. The molecule has 2 aromatic rings. The number of piperidine rings is 1. The quantitative estimate of drug-likeness (QED) is 0.863. The Morgan fingerprint density at radius 2 is 1.93 bits per heavy atom. The highest BCUT2D eigenvalue weighted by Gasteiger charge is 2.28. The number of amides is 1. The molecule has 27 heavy (non-hydrogen) atoms. The molecular weight excluding hydrogens is 362 g/mol. The summed E-state index contributed by atoms with van der Waals surface area (Å²) < 4.78 is 7.36. The van der Waals surface area contributed by atoms with Gasteiger partial charge in [-0.25, -0.2) is 0 Å². The van der Waals surface area contributed by atoms with Gasteiger partial charge >= 0.3 is 0 Å². The van der Waals surface area contributed by atoms with Crippen LogP contribution in [-0.2, 0) is 0 Å². The standard InChI is InChI=1S/C21H29N3O2.ClH/c1-14-12-20(21(25)23-11-5-6-17(13-23)15(2)22)16(3)24(14)18-7-9-19(26-4)10-8-18;/h7-10,12,15,17H,5-6,11,13,22H2,1-4H3;1H. The molecule has 0 spiro atoms. The molecule has 0 saturated carbocycles. The first-order valence-corrected chi connectivity index (χ1v) is 9.30. The molecule has 1 saturated heterocycles. The van der Waals surface area contributed by atoms with Crippen LogP contribution in [0.5, 0.6) is 5.75 Å². The molecule has 1 aromatic carbocycles. The van der Waals surface area contributed by atoms with E-state index in [9.17, 15) is 4.79 Å². The second kappa shape index (κ2) is 8.81. The van der Waals surface area contributed by atoms with Gasteiger partial charge in [0, 0.05) is 36.2 Å². The number of halogens is 1. The number of methoxy groups -OCH3 is 1. The molecule has 5 nitrogen and oxygen atoms in total. The summed E-state index contributed by atoms with van der Waals surface area (Å²) in [5.74, 6) is 1.32. The lowest BCUT2D eigenvalue weighted by atomic mass is 9.92. The average molecular weight is 392 g/mol. The number of benzene rings is 1. The lowest BCUT2D eigenvalue weighted by molar-refractivity contribution is 0.0660. The van der Waals surface area contributed by atoms with Gasteiger partial charge in [0.1, 0.15) is 5.75 Å². The maximum Gasteiger partial charge on any atom is 0.255 e. The van der Waals surface area contributed by atoms with Gasteiger partial charge in [-0.1, -0.05) is 0 Å². The third-order valence-electron chi connectivity index (χ3n) is 5.48. The van der Waals surface area contributed by atoms with Crippen molar-refractivity contribution in [2.24, 2.45) is 11.7 Å². The van der Waals surface area contributed by atoms with Crippen molar-refractivity contribution in [3.63, 3.8) is 0 Å². The molecule has 1 fully saturated rings. The number of likely N-dealkylation sites (tertiary alicyclic amines) is 1. The third kappa shape index (κ3) is 4.30. The summed E-state index contributed by atoms with van der Waals surface area (Å²) in [7, 11) is 1.66. The number of ether oxygens (including phenoxy) is 1. The zero-order chi connectivity index (χ0) is 18.8. The van der Waals surface area contributed by atoms with Gasteiger partial charge in [-0.15, -0.1) is 12.4 Å². The van der Waals surface area contributed by atoms with Crippen molar-refractivity contribution in [1.82, 2.24) is 9.47 Å². The Balaban J connectivity index is 0.00000261. The molecule has 2 unspecified atom stereocenters. The Kier molecular flexibility index (Phi) is 6.95. The van der Waals surface area contributed by atoms with Crippen molar-refractivity contribution in [3.05, 3.63) is 47.3 Å². The van der Waals surface area contributed by atoms with Crippen molar-refractivity contribution in [2.45, 2.75) is 39.7 Å². The molecule has 2 heterocycles. The van der Waals surface area contributed by atoms with Gasteiger partial charge in [-0.2, -0.15) is 0 Å². The number of aryl methyl sites for hydroxylation is 1. The summed E-state index contributed by atoms with van der Waals surface area (Å²) in [6.45, 7) is 7.65. The molecule has 0 bridgehead atoms.